The van der Waals surface area contributed by atoms with Crippen LogP contribution in [0, 0.1) is 6.92 Å². The number of imide groups is 1. The Morgan fingerprint density at radius 2 is 1.55 bits per heavy atom. The zero-order chi connectivity index (χ0) is 23.8. The van der Waals surface area contributed by atoms with Gasteiger partial charge in [0.1, 0.15) is 10.6 Å². The lowest BCUT2D eigenvalue weighted by Crippen LogP contribution is -2.50. The van der Waals surface area contributed by atoms with Gasteiger partial charge in [-0.2, -0.15) is 4.31 Å². The van der Waals surface area contributed by atoms with Crippen LogP contribution in [0.3, 0.4) is 0 Å². The molecule has 2 heterocycles. The summed E-state index contributed by atoms with van der Waals surface area (Å²) in [5.41, 5.74) is 1.93. The maximum Gasteiger partial charge on any atom is 0.253 e. The fourth-order valence-corrected chi connectivity index (χ4v) is 5.61. The van der Waals surface area contributed by atoms with Crippen molar-refractivity contribution < 1.29 is 27.9 Å². The summed E-state index contributed by atoms with van der Waals surface area (Å²) < 4.78 is 27.2. The lowest BCUT2D eigenvalue weighted by Gasteiger charge is -2.34. The first kappa shape index (κ1) is 22.9. The number of hydrogen-bond donors (Lipinski definition) is 1. The molecule has 1 N–H and O–H groups in total. The van der Waals surface area contributed by atoms with E-state index in [1.54, 1.807) is 42.2 Å². The van der Waals surface area contributed by atoms with Crippen LogP contribution in [0.15, 0.2) is 47.4 Å². The summed E-state index contributed by atoms with van der Waals surface area (Å²) in [6, 6.07) is 11.2. The van der Waals surface area contributed by atoms with Gasteiger partial charge in [0.15, 0.2) is 0 Å². The van der Waals surface area contributed by atoms with Crippen molar-refractivity contribution in [2.75, 3.05) is 26.2 Å². The highest BCUT2D eigenvalue weighted by Crippen LogP contribution is 2.27. The average Bonchev–Trinajstić information content (AvgIpc) is 3.12. The SMILES string of the molecule is Cc1ccc(O)c(S(=O)(=O)N2CCN(C(=O)c3ccc(CN4C(=O)CCC4=O)cc3)CC2)c1. The molecular formula is C23H25N3O6S. The highest BCUT2D eigenvalue weighted by Gasteiger charge is 2.32. The van der Waals surface area contributed by atoms with Crippen molar-refractivity contribution in [3.8, 4) is 5.75 Å². The quantitative estimate of drug-likeness (QED) is 0.661. The molecule has 2 saturated heterocycles. The molecule has 174 valence electrons. The zero-order valence-electron chi connectivity index (χ0n) is 18.2. The number of phenolic OH excluding ortho intramolecular Hbond substituents is 1. The van der Waals surface area contributed by atoms with Crippen molar-refractivity contribution >= 4 is 27.7 Å². The van der Waals surface area contributed by atoms with Gasteiger partial charge in [-0.25, -0.2) is 8.42 Å². The van der Waals surface area contributed by atoms with E-state index in [1.807, 2.05) is 0 Å². The Hall–Kier alpha value is -3.24. The number of nitrogens with zero attached hydrogens (tertiary/aromatic N) is 3. The molecule has 9 nitrogen and oxygen atoms in total. The van der Waals surface area contributed by atoms with Gasteiger partial charge >= 0.3 is 0 Å². The molecule has 3 amide bonds. The number of sulfonamides is 1. The molecule has 2 aromatic carbocycles. The number of rotatable bonds is 5. The highest BCUT2D eigenvalue weighted by molar-refractivity contribution is 7.89. The van der Waals surface area contributed by atoms with Crippen LogP contribution in [-0.4, -0.2) is 71.5 Å². The van der Waals surface area contributed by atoms with E-state index < -0.39 is 10.0 Å². The molecule has 0 aromatic heterocycles. The Morgan fingerprint density at radius 3 is 2.15 bits per heavy atom. The second-order valence-electron chi connectivity index (χ2n) is 8.24. The van der Waals surface area contributed by atoms with Crippen molar-refractivity contribution in [1.29, 1.82) is 0 Å². The third-order valence-electron chi connectivity index (χ3n) is 5.96. The minimum atomic E-state index is -3.87. The summed E-state index contributed by atoms with van der Waals surface area (Å²) in [4.78, 5) is 39.1. The Balaban J connectivity index is 1.39. The number of amides is 3. The smallest absolute Gasteiger partial charge is 0.253 e. The Labute approximate surface area is 192 Å². The fourth-order valence-electron chi connectivity index (χ4n) is 4.02. The number of aryl methyl sites for hydroxylation is 1. The van der Waals surface area contributed by atoms with E-state index >= 15 is 0 Å². The van der Waals surface area contributed by atoms with Crippen LogP contribution in [0.25, 0.3) is 0 Å². The molecule has 2 aliphatic rings. The van der Waals surface area contributed by atoms with E-state index in [2.05, 4.69) is 0 Å². The Bertz CT molecular complexity index is 1190. The topological polar surface area (TPSA) is 115 Å². The fraction of sp³-hybridized carbons (Fsp3) is 0.348. The third-order valence-corrected chi connectivity index (χ3v) is 7.88. The Morgan fingerprint density at radius 1 is 0.939 bits per heavy atom. The number of hydrogen-bond acceptors (Lipinski definition) is 6. The summed E-state index contributed by atoms with van der Waals surface area (Å²) in [7, 11) is -3.87. The van der Waals surface area contributed by atoms with Crippen LogP contribution in [0.2, 0.25) is 0 Å². The van der Waals surface area contributed by atoms with Gasteiger partial charge in [0.25, 0.3) is 5.91 Å². The summed E-state index contributed by atoms with van der Waals surface area (Å²) >= 11 is 0. The third kappa shape index (κ3) is 4.62. The van der Waals surface area contributed by atoms with E-state index in [0.29, 0.717) is 5.56 Å². The number of phenols is 1. The minimum absolute atomic E-state index is 0.124. The van der Waals surface area contributed by atoms with E-state index in [0.717, 1.165) is 11.1 Å². The summed E-state index contributed by atoms with van der Waals surface area (Å²) in [5.74, 6) is -0.888. The molecule has 4 rings (SSSR count). The van der Waals surface area contributed by atoms with E-state index in [-0.39, 0.29) is 73.9 Å². The van der Waals surface area contributed by atoms with Gasteiger partial charge in [0.05, 0.1) is 6.54 Å². The number of benzene rings is 2. The molecule has 0 saturated carbocycles. The van der Waals surface area contributed by atoms with Crippen LogP contribution in [0.5, 0.6) is 5.75 Å². The first-order valence-corrected chi connectivity index (χ1v) is 12.1. The monoisotopic (exact) mass is 471 g/mol. The molecule has 2 fully saturated rings. The van der Waals surface area contributed by atoms with Gasteiger partial charge in [0.2, 0.25) is 21.8 Å². The number of carbonyl (C=O) groups excluding carboxylic acids is 3. The Kier molecular flexibility index (Phi) is 6.22. The standard InChI is InChI=1S/C23H25N3O6S/c1-16-2-7-19(27)20(14-16)33(31,32)25-12-10-24(11-13-25)23(30)18-5-3-17(4-6-18)15-26-21(28)8-9-22(26)29/h2-7,14,27H,8-13,15H2,1H3. The van der Waals surface area contributed by atoms with E-state index in [9.17, 15) is 27.9 Å². The van der Waals surface area contributed by atoms with Crippen molar-refractivity contribution in [1.82, 2.24) is 14.1 Å². The number of carbonyl (C=O) groups is 3. The van der Waals surface area contributed by atoms with Crippen molar-refractivity contribution in [3.05, 3.63) is 59.2 Å². The van der Waals surface area contributed by atoms with Gasteiger partial charge in [-0.1, -0.05) is 18.2 Å². The molecule has 2 aliphatic heterocycles. The molecule has 0 aliphatic carbocycles. The molecule has 0 spiro atoms. The first-order chi connectivity index (χ1) is 15.7. The lowest BCUT2D eigenvalue weighted by molar-refractivity contribution is -0.139. The van der Waals surface area contributed by atoms with Gasteiger partial charge in [-0.3, -0.25) is 19.3 Å². The maximum atomic E-state index is 12.9. The van der Waals surface area contributed by atoms with Crippen molar-refractivity contribution in [3.63, 3.8) is 0 Å². The predicted molar refractivity (Wildman–Crippen MR) is 119 cm³/mol. The lowest BCUT2D eigenvalue weighted by atomic mass is 10.1. The molecule has 0 atom stereocenters. The average molecular weight is 472 g/mol. The van der Waals surface area contributed by atoms with Crippen molar-refractivity contribution in [2.24, 2.45) is 0 Å². The molecule has 0 bridgehead atoms. The van der Waals surface area contributed by atoms with E-state index in [1.165, 1.54) is 21.3 Å². The van der Waals surface area contributed by atoms with Crippen molar-refractivity contribution in [2.45, 2.75) is 31.2 Å². The van der Waals surface area contributed by atoms with Gasteiger partial charge in [0, 0.05) is 44.6 Å². The van der Waals surface area contributed by atoms with Crippen LogP contribution in [-0.2, 0) is 26.2 Å². The largest absolute Gasteiger partial charge is 0.507 e. The first-order valence-electron chi connectivity index (χ1n) is 10.7. The summed E-state index contributed by atoms with van der Waals surface area (Å²) in [6.45, 7) is 2.64. The zero-order valence-corrected chi connectivity index (χ0v) is 19.0. The predicted octanol–water partition coefficient (Wildman–Crippen LogP) is 1.50. The van der Waals surface area contributed by atoms with Crippen LogP contribution < -0.4 is 0 Å². The molecule has 33 heavy (non-hydrogen) atoms. The van der Waals surface area contributed by atoms with Gasteiger partial charge in [-0.05, 0) is 42.3 Å². The normalized spacial score (nSPS) is 17.6. The van der Waals surface area contributed by atoms with Gasteiger partial charge < -0.3 is 10.0 Å². The molecular weight excluding hydrogens is 446 g/mol. The maximum absolute atomic E-state index is 12.9. The molecule has 0 radical (unpaired) electrons. The van der Waals surface area contributed by atoms with Crippen LogP contribution in [0.1, 0.15) is 34.3 Å². The summed E-state index contributed by atoms with van der Waals surface area (Å²) in [6.07, 6.45) is 0.473. The molecule has 10 heteroatoms. The number of aromatic hydroxyl groups is 1. The molecule has 0 unspecified atom stereocenters. The number of likely N-dealkylation sites (tertiary alicyclic amines) is 1. The highest BCUT2D eigenvalue weighted by atomic mass is 32.2. The van der Waals surface area contributed by atoms with E-state index in [4.69, 9.17) is 0 Å². The second kappa shape index (κ2) is 8.95. The summed E-state index contributed by atoms with van der Waals surface area (Å²) in [5, 5.41) is 10.0. The number of piperazine rings is 1. The van der Waals surface area contributed by atoms with Crippen LogP contribution >= 0.6 is 0 Å². The van der Waals surface area contributed by atoms with Crippen LogP contribution in [0.4, 0.5) is 0 Å². The molecule has 2 aromatic rings. The minimum Gasteiger partial charge on any atom is -0.507 e. The van der Waals surface area contributed by atoms with Gasteiger partial charge in [-0.15, -0.1) is 0 Å². The second-order valence-corrected chi connectivity index (χ2v) is 10.1.